The van der Waals surface area contributed by atoms with E-state index < -0.39 is 12.1 Å². The van der Waals surface area contributed by atoms with Crippen LogP contribution < -0.4 is 0 Å². The Kier molecular flexibility index (Phi) is 2.66. The Bertz CT molecular complexity index is 210. The maximum Gasteiger partial charge on any atom is 0.332 e. The molecule has 0 bridgehead atoms. The van der Waals surface area contributed by atoms with Crippen LogP contribution in [0.1, 0.15) is 33.6 Å². The Hall–Kier alpha value is -0.570. The lowest BCUT2D eigenvalue weighted by atomic mass is 9.74. The molecule has 0 unspecified atom stereocenters. The average Bonchev–Trinajstić information content (AvgIpc) is 2.26. The second-order valence-corrected chi connectivity index (χ2v) is 4.69. The first-order valence-corrected chi connectivity index (χ1v) is 4.78. The molecule has 2 N–H and O–H groups in total. The molecule has 1 saturated carbocycles. The van der Waals surface area contributed by atoms with E-state index in [1.165, 1.54) is 0 Å². The van der Waals surface area contributed by atoms with E-state index in [4.69, 9.17) is 5.11 Å². The molecule has 76 valence electrons. The number of carboxylic acids is 1. The number of rotatable bonds is 2. The summed E-state index contributed by atoms with van der Waals surface area (Å²) in [4.78, 5) is 10.6. The van der Waals surface area contributed by atoms with E-state index in [9.17, 15) is 9.90 Å². The van der Waals surface area contributed by atoms with Crippen LogP contribution in [0.5, 0.6) is 0 Å². The van der Waals surface area contributed by atoms with Crippen LogP contribution in [0, 0.1) is 17.3 Å². The lowest BCUT2D eigenvalue weighted by molar-refractivity contribution is -0.152. The van der Waals surface area contributed by atoms with Crippen LogP contribution in [-0.4, -0.2) is 22.3 Å². The van der Waals surface area contributed by atoms with E-state index in [1.807, 2.05) is 13.8 Å². The number of aliphatic hydroxyl groups is 1. The van der Waals surface area contributed by atoms with Crippen LogP contribution in [0.15, 0.2) is 0 Å². The molecule has 0 aromatic heterocycles. The Balaban J connectivity index is 2.77. The van der Waals surface area contributed by atoms with Crippen LogP contribution in [0.4, 0.5) is 0 Å². The van der Waals surface area contributed by atoms with Gasteiger partial charge in [-0.3, -0.25) is 0 Å². The van der Waals surface area contributed by atoms with Crippen molar-refractivity contribution in [1.82, 2.24) is 0 Å². The van der Waals surface area contributed by atoms with Crippen LogP contribution in [-0.2, 0) is 4.79 Å². The molecule has 1 aliphatic rings. The van der Waals surface area contributed by atoms with Crippen molar-refractivity contribution in [3.05, 3.63) is 0 Å². The number of hydrogen-bond acceptors (Lipinski definition) is 2. The molecule has 3 nitrogen and oxygen atoms in total. The molecule has 1 rings (SSSR count). The van der Waals surface area contributed by atoms with Crippen molar-refractivity contribution in [2.24, 2.45) is 17.3 Å². The fourth-order valence-corrected chi connectivity index (χ4v) is 2.28. The summed E-state index contributed by atoms with van der Waals surface area (Å²) in [7, 11) is 0. The summed E-state index contributed by atoms with van der Waals surface area (Å²) in [6, 6.07) is 0. The van der Waals surface area contributed by atoms with Crippen LogP contribution in [0.25, 0.3) is 0 Å². The molecule has 0 radical (unpaired) electrons. The number of carboxylic acid groups (broad SMARTS) is 1. The van der Waals surface area contributed by atoms with Gasteiger partial charge in [-0.1, -0.05) is 20.8 Å². The van der Waals surface area contributed by atoms with E-state index in [-0.39, 0.29) is 11.3 Å². The minimum Gasteiger partial charge on any atom is -0.479 e. The van der Waals surface area contributed by atoms with Gasteiger partial charge in [0.15, 0.2) is 6.10 Å². The maximum absolute atomic E-state index is 10.6. The van der Waals surface area contributed by atoms with Gasteiger partial charge in [0, 0.05) is 5.92 Å². The van der Waals surface area contributed by atoms with Gasteiger partial charge >= 0.3 is 5.97 Å². The minimum atomic E-state index is -1.19. The lowest BCUT2D eigenvalue weighted by Gasteiger charge is -2.32. The molecule has 13 heavy (non-hydrogen) atoms. The average molecular weight is 186 g/mol. The van der Waals surface area contributed by atoms with Gasteiger partial charge in [-0.2, -0.15) is 0 Å². The van der Waals surface area contributed by atoms with Crippen LogP contribution in [0.2, 0.25) is 0 Å². The summed E-state index contributed by atoms with van der Waals surface area (Å²) in [6.07, 6.45) is 0.642. The molecule has 0 amide bonds. The van der Waals surface area contributed by atoms with E-state index >= 15 is 0 Å². The fourth-order valence-electron chi connectivity index (χ4n) is 2.28. The Morgan fingerprint density at radius 3 is 2.31 bits per heavy atom. The van der Waals surface area contributed by atoms with Crippen LogP contribution in [0.3, 0.4) is 0 Å². The van der Waals surface area contributed by atoms with Gasteiger partial charge in [-0.05, 0) is 24.2 Å². The van der Waals surface area contributed by atoms with E-state index in [2.05, 4.69) is 6.92 Å². The highest BCUT2D eigenvalue weighted by molar-refractivity contribution is 5.72. The zero-order valence-corrected chi connectivity index (χ0v) is 8.45. The molecule has 0 aromatic rings. The molecule has 0 aliphatic heterocycles. The number of hydrogen-bond donors (Lipinski definition) is 2. The van der Waals surface area contributed by atoms with Crippen molar-refractivity contribution >= 4 is 5.97 Å². The van der Waals surface area contributed by atoms with E-state index in [0.29, 0.717) is 5.92 Å². The summed E-state index contributed by atoms with van der Waals surface area (Å²) in [5.41, 5.74) is -0.0577. The van der Waals surface area contributed by atoms with E-state index in [1.54, 1.807) is 0 Å². The second kappa shape index (κ2) is 3.29. The van der Waals surface area contributed by atoms with Crippen molar-refractivity contribution in [2.45, 2.75) is 39.7 Å². The van der Waals surface area contributed by atoms with Crippen molar-refractivity contribution in [3.8, 4) is 0 Å². The van der Waals surface area contributed by atoms with Crippen molar-refractivity contribution in [3.63, 3.8) is 0 Å². The Morgan fingerprint density at radius 2 is 2.00 bits per heavy atom. The predicted molar refractivity (Wildman–Crippen MR) is 49.3 cm³/mol. The second-order valence-electron chi connectivity index (χ2n) is 4.69. The largest absolute Gasteiger partial charge is 0.479 e. The van der Waals surface area contributed by atoms with Crippen molar-refractivity contribution < 1.29 is 15.0 Å². The zero-order chi connectivity index (χ0) is 10.2. The zero-order valence-electron chi connectivity index (χ0n) is 8.45. The molecular formula is C10H18O3. The topological polar surface area (TPSA) is 57.5 Å². The molecule has 1 aliphatic carbocycles. The number of aliphatic carboxylic acids is 1. The minimum absolute atomic E-state index is 0.0577. The third kappa shape index (κ3) is 1.70. The highest BCUT2D eigenvalue weighted by Crippen LogP contribution is 2.48. The van der Waals surface area contributed by atoms with Gasteiger partial charge in [0.05, 0.1) is 0 Å². The van der Waals surface area contributed by atoms with Crippen molar-refractivity contribution in [1.29, 1.82) is 0 Å². The quantitative estimate of drug-likeness (QED) is 0.687. The normalized spacial score (nSPS) is 34.5. The highest BCUT2D eigenvalue weighted by Gasteiger charge is 2.45. The molecule has 0 spiro atoms. The summed E-state index contributed by atoms with van der Waals surface area (Å²) in [5.74, 6) is -0.696. The number of aliphatic hydroxyl groups excluding tert-OH is 1. The van der Waals surface area contributed by atoms with E-state index in [0.717, 1.165) is 12.8 Å². The summed E-state index contributed by atoms with van der Waals surface area (Å²) >= 11 is 0. The molecule has 0 saturated heterocycles. The van der Waals surface area contributed by atoms with Gasteiger partial charge in [0.2, 0.25) is 0 Å². The predicted octanol–water partition coefficient (Wildman–Crippen LogP) is 1.50. The molecule has 3 atom stereocenters. The van der Waals surface area contributed by atoms with Gasteiger partial charge < -0.3 is 10.2 Å². The van der Waals surface area contributed by atoms with Gasteiger partial charge in [-0.25, -0.2) is 4.79 Å². The maximum atomic E-state index is 10.6. The third-order valence-corrected chi connectivity index (χ3v) is 3.77. The van der Waals surface area contributed by atoms with Gasteiger partial charge in [0.25, 0.3) is 0 Å². The van der Waals surface area contributed by atoms with Crippen LogP contribution >= 0.6 is 0 Å². The SMILES string of the molecule is C[C@@H]1CC[C@@H]([C@H](O)C(=O)O)C1(C)C. The monoisotopic (exact) mass is 186 g/mol. The van der Waals surface area contributed by atoms with Crippen molar-refractivity contribution in [2.75, 3.05) is 0 Å². The molecule has 0 heterocycles. The lowest BCUT2D eigenvalue weighted by Crippen LogP contribution is -2.37. The summed E-state index contributed by atoms with van der Waals surface area (Å²) < 4.78 is 0. The standard InChI is InChI=1S/C10H18O3/c1-6-4-5-7(10(6,2)3)8(11)9(12)13/h6-8,11H,4-5H2,1-3H3,(H,12,13)/t6-,7+,8+/m1/s1. The first-order chi connectivity index (χ1) is 5.87. The summed E-state index contributed by atoms with van der Waals surface area (Å²) in [5, 5.41) is 18.2. The first kappa shape index (κ1) is 10.5. The molecule has 3 heteroatoms. The Morgan fingerprint density at radius 1 is 1.46 bits per heavy atom. The fraction of sp³-hybridized carbons (Fsp3) is 0.900. The number of carbonyl (C=O) groups is 1. The Labute approximate surface area is 78.8 Å². The first-order valence-electron chi connectivity index (χ1n) is 4.78. The molecule has 0 aromatic carbocycles. The van der Waals surface area contributed by atoms with Gasteiger partial charge in [0.1, 0.15) is 0 Å². The highest BCUT2D eigenvalue weighted by atomic mass is 16.4. The third-order valence-electron chi connectivity index (χ3n) is 3.77. The smallest absolute Gasteiger partial charge is 0.332 e. The van der Waals surface area contributed by atoms with Gasteiger partial charge in [-0.15, -0.1) is 0 Å². The summed E-state index contributed by atoms with van der Waals surface area (Å²) in [6.45, 7) is 6.21. The molecular weight excluding hydrogens is 168 g/mol. The molecule has 1 fully saturated rings.